The van der Waals surface area contributed by atoms with Crippen LogP contribution in [0.15, 0.2) is 18.2 Å². The standard InChI is InChI=1S/C14H16ClIN2O.ClH/c15-12-5-9(16)2-3-10(12)14(19)18-6-8-1-4-13(17)11(8)7-18;/h2-3,5,8,11,13H,1,4,6-7,17H2;1H. The largest absolute Gasteiger partial charge is 0.338 e. The molecule has 3 nitrogen and oxygen atoms in total. The van der Waals surface area contributed by atoms with E-state index in [0.717, 1.165) is 29.5 Å². The van der Waals surface area contributed by atoms with Gasteiger partial charge < -0.3 is 10.6 Å². The van der Waals surface area contributed by atoms with Gasteiger partial charge in [-0.25, -0.2) is 0 Å². The SMILES string of the molecule is Cl.NC1CCC2CN(C(=O)c3ccc(I)cc3Cl)CC12. The minimum Gasteiger partial charge on any atom is -0.338 e. The van der Waals surface area contributed by atoms with Crippen LogP contribution >= 0.6 is 46.6 Å². The van der Waals surface area contributed by atoms with Gasteiger partial charge in [0.15, 0.2) is 0 Å². The Bertz CT molecular complexity index is 526. The molecule has 1 aromatic carbocycles. The minimum atomic E-state index is 0. The van der Waals surface area contributed by atoms with Crippen LogP contribution in [0.25, 0.3) is 0 Å². The zero-order valence-corrected chi connectivity index (χ0v) is 14.6. The van der Waals surface area contributed by atoms with E-state index in [-0.39, 0.29) is 24.4 Å². The number of rotatable bonds is 1. The van der Waals surface area contributed by atoms with Crippen molar-refractivity contribution in [3.05, 3.63) is 32.4 Å². The summed E-state index contributed by atoms with van der Waals surface area (Å²) < 4.78 is 1.04. The van der Waals surface area contributed by atoms with Gasteiger partial charge in [0.25, 0.3) is 5.91 Å². The van der Waals surface area contributed by atoms with Gasteiger partial charge in [-0.05, 0) is 65.5 Å². The Morgan fingerprint density at radius 3 is 2.75 bits per heavy atom. The summed E-state index contributed by atoms with van der Waals surface area (Å²) in [5.41, 5.74) is 6.71. The van der Waals surface area contributed by atoms with E-state index in [9.17, 15) is 4.79 Å². The fourth-order valence-electron chi connectivity index (χ4n) is 3.31. The normalized spacial score (nSPS) is 28.1. The number of likely N-dealkylation sites (tertiary alicyclic amines) is 1. The molecule has 3 rings (SSSR count). The van der Waals surface area contributed by atoms with Gasteiger partial charge >= 0.3 is 0 Å². The Morgan fingerprint density at radius 2 is 2.10 bits per heavy atom. The molecule has 6 heteroatoms. The first-order chi connectivity index (χ1) is 9.06. The second-order valence-electron chi connectivity index (χ2n) is 5.50. The maximum Gasteiger partial charge on any atom is 0.255 e. The summed E-state index contributed by atoms with van der Waals surface area (Å²) in [6, 6.07) is 5.83. The number of benzene rings is 1. The number of hydrogen-bond donors (Lipinski definition) is 1. The van der Waals surface area contributed by atoms with Gasteiger partial charge in [0.1, 0.15) is 0 Å². The number of hydrogen-bond acceptors (Lipinski definition) is 2. The fraction of sp³-hybridized carbons (Fsp3) is 0.500. The average Bonchev–Trinajstić information content (AvgIpc) is 2.91. The van der Waals surface area contributed by atoms with Crippen LogP contribution in [0.4, 0.5) is 0 Å². The van der Waals surface area contributed by atoms with Crippen molar-refractivity contribution in [1.29, 1.82) is 0 Å². The van der Waals surface area contributed by atoms with Crippen LogP contribution < -0.4 is 5.73 Å². The summed E-state index contributed by atoms with van der Waals surface area (Å²) in [6.07, 6.45) is 2.25. The molecule has 2 fully saturated rings. The minimum absolute atomic E-state index is 0. The lowest BCUT2D eigenvalue weighted by molar-refractivity contribution is 0.0780. The number of halogens is 3. The van der Waals surface area contributed by atoms with E-state index in [1.807, 2.05) is 23.1 Å². The monoisotopic (exact) mass is 426 g/mol. The maximum atomic E-state index is 12.5. The Hall–Kier alpha value is -0.0400. The summed E-state index contributed by atoms with van der Waals surface area (Å²) in [6.45, 7) is 1.62. The number of nitrogens with zero attached hydrogens (tertiary/aromatic N) is 1. The van der Waals surface area contributed by atoms with Crippen molar-refractivity contribution in [2.75, 3.05) is 13.1 Å². The fourth-order valence-corrected chi connectivity index (χ4v) is 4.24. The average molecular weight is 427 g/mol. The molecule has 20 heavy (non-hydrogen) atoms. The molecule has 1 aromatic rings. The maximum absolute atomic E-state index is 12.5. The van der Waals surface area contributed by atoms with Crippen LogP contribution in [0, 0.1) is 15.4 Å². The highest BCUT2D eigenvalue weighted by atomic mass is 127. The van der Waals surface area contributed by atoms with Gasteiger partial charge in [-0.3, -0.25) is 4.79 Å². The van der Waals surface area contributed by atoms with Crippen LogP contribution in [0.3, 0.4) is 0 Å². The van der Waals surface area contributed by atoms with Crippen LogP contribution in [0.1, 0.15) is 23.2 Å². The first-order valence-corrected chi connectivity index (χ1v) is 8.02. The number of nitrogens with two attached hydrogens (primary N) is 1. The molecule has 0 spiro atoms. The van der Waals surface area contributed by atoms with Crippen LogP contribution in [-0.2, 0) is 0 Å². The molecule has 1 aliphatic heterocycles. The molecule has 1 aliphatic carbocycles. The summed E-state index contributed by atoms with van der Waals surface area (Å²) in [5.74, 6) is 1.11. The van der Waals surface area contributed by atoms with Crippen LogP contribution in [-0.4, -0.2) is 29.9 Å². The third-order valence-corrected chi connectivity index (χ3v) is 5.34. The molecule has 0 aromatic heterocycles. The van der Waals surface area contributed by atoms with Crippen LogP contribution in [0.2, 0.25) is 5.02 Å². The molecule has 2 N–H and O–H groups in total. The Balaban J connectivity index is 0.00000147. The van der Waals surface area contributed by atoms with Crippen molar-refractivity contribution in [1.82, 2.24) is 4.90 Å². The van der Waals surface area contributed by atoms with Gasteiger partial charge in [-0.15, -0.1) is 12.4 Å². The van der Waals surface area contributed by atoms with Crippen LogP contribution in [0.5, 0.6) is 0 Å². The van der Waals surface area contributed by atoms with Crippen molar-refractivity contribution >= 4 is 52.5 Å². The molecule has 3 atom stereocenters. The summed E-state index contributed by atoms with van der Waals surface area (Å²) >= 11 is 8.37. The van der Waals surface area contributed by atoms with E-state index in [1.165, 1.54) is 0 Å². The molecule has 3 unspecified atom stereocenters. The summed E-state index contributed by atoms with van der Waals surface area (Å²) in [5, 5.41) is 0.540. The van der Waals surface area contributed by atoms with E-state index in [0.29, 0.717) is 22.4 Å². The van der Waals surface area contributed by atoms with E-state index < -0.39 is 0 Å². The molecule has 1 saturated heterocycles. The zero-order chi connectivity index (χ0) is 13.6. The number of carbonyl (C=O) groups is 1. The third-order valence-electron chi connectivity index (χ3n) is 4.36. The first-order valence-electron chi connectivity index (χ1n) is 6.56. The lowest BCUT2D eigenvalue weighted by Gasteiger charge is -2.19. The van der Waals surface area contributed by atoms with Crippen molar-refractivity contribution in [3.8, 4) is 0 Å². The topological polar surface area (TPSA) is 46.3 Å². The van der Waals surface area contributed by atoms with Gasteiger partial charge in [0, 0.05) is 22.7 Å². The molecular weight excluding hydrogens is 410 g/mol. The molecule has 0 radical (unpaired) electrons. The van der Waals surface area contributed by atoms with E-state index in [1.54, 1.807) is 0 Å². The highest BCUT2D eigenvalue weighted by molar-refractivity contribution is 14.1. The predicted molar refractivity (Wildman–Crippen MR) is 91.5 cm³/mol. The molecule has 1 heterocycles. The van der Waals surface area contributed by atoms with Gasteiger partial charge in [-0.2, -0.15) is 0 Å². The number of carbonyl (C=O) groups excluding carboxylic acids is 1. The molecule has 2 aliphatic rings. The lowest BCUT2D eigenvalue weighted by atomic mass is 9.98. The second-order valence-corrected chi connectivity index (χ2v) is 7.15. The number of amides is 1. The van der Waals surface area contributed by atoms with Crippen molar-refractivity contribution in [2.24, 2.45) is 17.6 Å². The Morgan fingerprint density at radius 1 is 1.35 bits per heavy atom. The van der Waals surface area contributed by atoms with Gasteiger partial charge in [-0.1, -0.05) is 11.6 Å². The van der Waals surface area contributed by atoms with Gasteiger partial charge in [0.2, 0.25) is 0 Å². The zero-order valence-electron chi connectivity index (χ0n) is 10.9. The lowest BCUT2D eigenvalue weighted by Crippen LogP contribution is -2.33. The third kappa shape index (κ3) is 2.93. The molecule has 1 amide bonds. The summed E-state index contributed by atoms with van der Waals surface area (Å²) in [7, 11) is 0. The highest BCUT2D eigenvalue weighted by Crippen LogP contribution is 2.38. The van der Waals surface area contributed by atoms with E-state index in [2.05, 4.69) is 22.6 Å². The second kappa shape index (κ2) is 6.38. The summed E-state index contributed by atoms with van der Waals surface area (Å²) in [4.78, 5) is 14.4. The predicted octanol–water partition coefficient (Wildman–Crippen LogP) is 3.18. The van der Waals surface area contributed by atoms with E-state index >= 15 is 0 Å². The van der Waals surface area contributed by atoms with Gasteiger partial charge in [0.05, 0.1) is 10.6 Å². The van der Waals surface area contributed by atoms with Crippen molar-refractivity contribution in [2.45, 2.75) is 18.9 Å². The molecule has 110 valence electrons. The molecule has 1 saturated carbocycles. The molecular formula is C14H17Cl2IN2O. The van der Waals surface area contributed by atoms with Crippen molar-refractivity contribution in [3.63, 3.8) is 0 Å². The smallest absolute Gasteiger partial charge is 0.255 e. The molecule has 0 bridgehead atoms. The van der Waals surface area contributed by atoms with E-state index in [4.69, 9.17) is 17.3 Å². The quantitative estimate of drug-likeness (QED) is 0.701. The number of fused-ring (bicyclic) bond motifs is 1. The highest BCUT2D eigenvalue weighted by Gasteiger charge is 2.42. The Labute approximate surface area is 143 Å². The Kier molecular flexibility index (Phi) is 5.21. The van der Waals surface area contributed by atoms with Crippen molar-refractivity contribution < 1.29 is 4.79 Å². The first kappa shape index (κ1) is 16.3.